The maximum atomic E-state index is 11.5. The number of hydrogen-bond acceptors (Lipinski definition) is 2. The summed E-state index contributed by atoms with van der Waals surface area (Å²) in [5.41, 5.74) is 2.00. The molecule has 0 fully saturated rings. The highest BCUT2D eigenvalue weighted by Gasteiger charge is 2.19. The van der Waals surface area contributed by atoms with Gasteiger partial charge in [-0.05, 0) is 30.5 Å². The van der Waals surface area contributed by atoms with E-state index in [1.165, 1.54) is 5.56 Å². The van der Waals surface area contributed by atoms with Gasteiger partial charge in [-0.3, -0.25) is 4.79 Å². The first-order valence-electron chi connectivity index (χ1n) is 5.66. The highest BCUT2D eigenvalue weighted by Crippen LogP contribution is 2.31. The van der Waals surface area contributed by atoms with Gasteiger partial charge in [0.1, 0.15) is 11.9 Å². The monoisotopic (exact) mass is 219 g/mol. The Kier molecular flexibility index (Phi) is 2.86. The van der Waals surface area contributed by atoms with E-state index in [1.807, 2.05) is 25.1 Å². The number of hydrogen-bond donors (Lipinski definition) is 1. The van der Waals surface area contributed by atoms with Crippen LogP contribution in [0.3, 0.4) is 0 Å². The number of benzene rings is 1. The third-order valence-corrected chi connectivity index (χ3v) is 2.75. The molecule has 1 amide bonds. The van der Waals surface area contributed by atoms with Gasteiger partial charge in [0, 0.05) is 0 Å². The first kappa shape index (κ1) is 11.0. The minimum atomic E-state index is -0.0637. The fourth-order valence-corrected chi connectivity index (χ4v) is 1.83. The second kappa shape index (κ2) is 4.16. The van der Waals surface area contributed by atoms with Gasteiger partial charge < -0.3 is 10.1 Å². The fraction of sp³-hybridized carbons (Fsp3) is 0.462. The van der Waals surface area contributed by atoms with E-state index < -0.39 is 0 Å². The Morgan fingerprint density at radius 2 is 2.19 bits per heavy atom. The highest BCUT2D eigenvalue weighted by molar-refractivity contribution is 5.93. The summed E-state index contributed by atoms with van der Waals surface area (Å²) >= 11 is 0. The smallest absolute Gasteiger partial charge is 0.228 e. The van der Waals surface area contributed by atoms with Crippen molar-refractivity contribution in [1.29, 1.82) is 0 Å². The van der Waals surface area contributed by atoms with Crippen LogP contribution in [-0.4, -0.2) is 12.0 Å². The van der Waals surface area contributed by atoms with E-state index in [9.17, 15) is 4.79 Å². The fourth-order valence-electron chi connectivity index (χ4n) is 1.83. The zero-order valence-corrected chi connectivity index (χ0v) is 9.91. The summed E-state index contributed by atoms with van der Waals surface area (Å²) in [6.45, 7) is 6.17. The van der Waals surface area contributed by atoms with Crippen molar-refractivity contribution in [2.45, 2.75) is 39.2 Å². The van der Waals surface area contributed by atoms with Gasteiger partial charge in [0.2, 0.25) is 5.91 Å². The van der Waals surface area contributed by atoms with Gasteiger partial charge >= 0.3 is 0 Å². The summed E-state index contributed by atoms with van der Waals surface area (Å²) in [5, 5.41) is 2.88. The average Bonchev–Trinajstić information content (AvgIpc) is 2.32. The van der Waals surface area contributed by atoms with Gasteiger partial charge in [-0.2, -0.15) is 0 Å². The summed E-state index contributed by atoms with van der Waals surface area (Å²) in [7, 11) is 0. The van der Waals surface area contributed by atoms with E-state index in [2.05, 4.69) is 19.2 Å². The van der Waals surface area contributed by atoms with E-state index in [0.29, 0.717) is 12.3 Å². The molecule has 1 heterocycles. The highest BCUT2D eigenvalue weighted by atomic mass is 16.5. The van der Waals surface area contributed by atoms with Crippen molar-refractivity contribution in [1.82, 2.24) is 0 Å². The maximum absolute atomic E-state index is 11.5. The van der Waals surface area contributed by atoms with E-state index in [-0.39, 0.29) is 12.0 Å². The number of rotatable bonds is 1. The van der Waals surface area contributed by atoms with Crippen LogP contribution in [0.25, 0.3) is 0 Å². The second-order valence-corrected chi connectivity index (χ2v) is 4.59. The lowest BCUT2D eigenvalue weighted by Crippen LogP contribution is -2.17. The van der Waals surface area contributed by atoms with Crippen molar-refractivity contribution in [3.8, 4) is 5.75 Å². The summed E-state index contributed by atoms with van der Waals surface area (Å²) in [5.74, 6) is 1.23. The zero-order valence-electron chi connectivity index (χ0n) is 9.91. The normalized spacial score (nSPS) is 19.8. The maximum Gasteiger partial charge on any atom is 0.228 e. The lowest BCUT2D eigenvalue weighted by molar-refractivity contribution is -0.117. The molecule has 0 spiro atoms. The van der Waals surface area contributed by atoms with Gasteiger partial charge in [-0.1, -0.05) is 19.9 Å². The SMILES string of the molecule is CC1CC(=O)Nc2cc(C(C)C)ccc2O1. The molecule has 1 unspecified atom stereocenters. The Hall–Kier alpha value is -1.51. The van der Waals surface area contributed by atoms with Crippen LogP contribution in [0.2, 0.25) is 0 Å². The standard InChI is InChI=1S/C13H17NO2/c1-8(2)10-4-5-12-11(7-10)14-13(15)6-9(3)16-12/h4-5,7-9H,6H2,1-3H3,(H,14,15). The van der Waals surface area contributed by atoms with Crippen molar-refractivity contribution in [3.05, 3.63) is 23.8 Å². The minimum Gasteiger partial charge on any atom is -0.488 e. The molecule has 0 saturated carbocycles. The molecule has 1 aliphatic heterocycles. The predicted molar refractivity (Wildman–Crippen MR) is 63.9 cm³/mol. The number of carbonyl (C=O) groups excluding carboxylic acids is 1. The van der Waals surface area contributed by atoms with Crippen LogP contribution in [0.4, 0.5) is 5.69 Å². The van der Waals surface area contributed by atoms with Crippen LogP contribution in [0.1, 0.15) is 38.7 Å². The van der Waals surface area contributed by atoms with E-state index in [4.69, 9.17) is 4.74 Å². The summed E-state index contributed by atoms with van der Waals surface area (Å²) in [6, 6.07) is 5.98. The second-order valence-electron chi connectivity index (χ2n) is 4.59. The topological polar surface area (TPSA) is 38.3 Å². The molecule has 1 N–H and O–H groups in total. The summed E-state index contributed by atoms with van der Waals surface area (Å²) in [4.78, 5) is 11.5. The number of carbonyl (C=O) groups is 1. The molecule has 0 bridgehead atoms. The molecule has 3 nitrogen and oxygen atoms in total. The van der Waals surface area contributed by atoms with Crippen molar-refractivity contribution >= 4 is 11.6 Å². The number of ether oxygens (including phenoxy) is 1. The lowest BCUT2D eigenvalue weighted by atomic mass is 10.0. The van der Waals surface area contributed by atoms with E-state index in [0.717, 1.165) is 11.4 Å². The third kappa shape index (κ3) is 2.18. The number of fused-ring (bicyclic) bond motifs is 1. The third-order valence-electron chi connectivity index (χ3n) is 2.75. The van der Waals surface area contributed by atoms with Crippen molar-refractivity contribution < 1.29 is 9.53 Å². The molecule has 1 aromatic rings. The lowest BCUT2D eigenvalue weighted by Gasteiger charge is -2.13. The summed E-state index contributed by atoms with van der Waals surface area (Å²) < 4.78 is 5.68. The van der Waals surface area contributed by atoms with Gasteiger partial charge in [0.15, 0.2) is 0 Å². The molecular formula is C13H17NO2. The first-order valence-corrected chi connectivity index (χ1v) is 5.66. The zero-order chi connectivity index (χ0) is 11.7. The largest absolute Gasteiger partial charge is 0.488 e. The molecule has 0 radical (unpaired) electrons. The molecule has 1 atom stereocenters. The van der Waals surface area contributed by atoms with Crippen molar-refractivity contribution in [2.75, 3.05) is 5.32 Å². The molecule has 0 aromatic heterocycles. The Morgan fingerprint density at radius 3 is 2.88 bits per heavy atom. The van der Waals surface area contributed by atoms with Crippen molar-refractivity contribution in [2.24, 2.45) is 0 Å². The molecule has 16 heavy (non-hydrogen) atoms. The molecule has 3 heteroatoms. The van der Waals surface area contributed by atoms with Crippen LogP contribution < -0.4 is 10.1 Å². The number of amides is 1. The Labute approximate surface area is 95.8 Å². The quantitative estimate of drug-likeness (QED) is 0.788. The molecule has 2 rings (SSSR count). The van der Waals surface area contributed by atoms with Crippen LogP contribution >= 0.6 is 0 Å². The van der Waals surface area contributed by atoms with E-state index >= 15 is 0 Å². The van der Waals surface area contributed by atoms with Gasteiger partial charge in [-0.15, -0.1) is 0 Å². The Balaban J connectivity index is 2.38. The van der Waals surface area contributed by atoms with Crippen LogP contribution in [-0.2, 0) is 4.79 Å². The number of nitrogens with one attached hydrogen (secondary N) is 1. The van der Waals surface area contributed by atoms with Gasteiger partial charge in [-0.25, -0.2) is 0 Å². The molecule has 0 aliphatic carbocycles. The number of anilines is 1. The van der Waals surface area contributed by atoms with Crippen LogP contribution in [0, 0.1) is 0 Å². The minimum absolute atomic E-state index is 0.0205. The van der Waals surface area contributed by atoms with Crippen molar-refractivity contribution in [3.63, 3.8) is 0 Å². The Bertz CT molecular complexity index is 412. The first-order chi connectivity index (χ1) is 7.56. The van der Waals surface area contributed by atoms with Gasteiger partial charge in [0.25, 0.3) is 0 Å². The van der Waals surface area contributed by atoms with E-state index in [1.54, 1.807) is 0 Å². The molecule has 1 aliphatic rings. The molecule has 1 aromatic carbocycles. The Morgan fingerprint density at radius 1 is 1.44 bits per heavy atom. The predicted octanol–water partition coefficient (Wildman–Crippen LogP) is 2.92. The summed E-state index contributed by atoms with van der Waals surface area (Å²) in [6.07, 6.45) is 0.345. The molecular weight excluding hydrogens is 202 g/mol. The molecule has 86 valence electrons. The van der Waals surface area contributed by atoms with Gasteiger partial charge in [0.05, 0.1) is 12.1 Å². The van der Waals surface area contributed by atoms with Crippen LogP contribution in [0.15, 0.2) is 18.2 Å². The average molecular weight is 219 g/mol. The van der Waals surface area contributed by atoms with Crippen LogP contribution in [0.5, 0.6) is 5.75 Å². The molecule has 0 saturated heterocycles.